The quantitative estimate of drug-likeness (QED) is 0.705. The first kappa shape index (κ1) is 17.7. The number of sulfonamides is 1. The molecule has 0 fully saturated rings. The predicted octanol–water partition coefficient (Wildman–Crippen LogP) is 3.89. The highest BCUT2D eigenvalue weighted by Gasteiger charge is 2.19. The minimum absolute atomic E-state index is 0.1000. The fraction of sp³-hybridized carbons (Fsp3) is 0.0556. The van der Waals surface area contributed by atoms with Crippen molar-refractivity contribution in [1.82, 2.24) is 0 Å². The first-order valence-corrected chi connectivity index (χ1v) is 8.97. The molecule has 0 aliphatic rings. The summed E-state index contributed by atoms with van der Waals surface area (Å²) in [7, 11) is -3.96. The molecule has 0 atom stereocenters. The number of halogens is 1. The molecule has 26 heavy (non-hydrogen) atoms. The molecule has 0 bridgehead atoms. The van der Waals surface area contributed by atoms with Gasteiger partial charge in [0.15, 0.2) is 0 Å². The number of nitrogens with one attached hydrogen (secondary N) is 1. The highest BCUT2D eigenvalue weighted by molar-refractivity contribution is 7.92. The Balaban J connectivity index is 2.03. The van der Waals surface area contributed by atoms with Gasteiger partial charge < -0.3 is 9.52 Å². The number of carbonyl (C=O) groups is 1. The van der Waals surface area contributed by atoms with Crippen LogP contribution in [0, 0.1) is 12.7 Å². The van der Waals surface area contributed by atoms with Gasteiger partial charge >= 0.3 is 5.97 Å². The first-order valence-electron chi connectivity index (χ1n) is 7.49. The van der Waals surface area contributed by atoms with Crippen molar-refractivity contribution in [2.24, 2.45) is 0 Å². The normalized spacial score (nSPS) is 11.3. The molecule has 0 saturated heterocycles. The molecule has 0 aliphatic heterocycles. The van der Waals surface area contributed by atoms with E-state index in [4.69, 9.17) is 9.52 Å². The second kappa shape index (κ2) is 6.64. The Labute approximate surface area is 149 Å². The van der Waals surface area contributed by atoms with Crippen molar-refractivity contribution >= 4 is 21.7 Å². The molecule has 0 spiro atoms. The van der Waals surface area contributed by atoms with Crippen LogP contribution in [-0.2, 0) is 10.0 Å². The van der Waals surface area contributed by atoms with E-state index < -0.39 is 21.8 Å². The number of carboxylic acids is 1. The van der Waals surface area contributed by atoms with Gasteiger partial charge in [0.25, 0.3) is 10.0 Å². The van der Waals surface area contributed by atoms with Crippen LogP contribution >= 0.6 is 0 Å². The second-order valence-electron chi connectivity index (χ2n) is 5.58. The van der Waals surface area contributed by atoms with Crippen LogP contribution in [0.1, 0.15) is 16.1 Å². The SMILES string of the molecule is Cc1ccc(-c2ccc(C(=O)O)o2)c(NS(=O)(=O)c2ccc(F)cc2)c1. The number of hydrogen-bond acceptors (Lipinski definition) is 4. The van der Waals surface area contributed by atoms with Crippen molar-refractivity contribution in [2.45, 2.75) is 11.8 Å². The van der Waals surface area contributed by atoms with Gasteiger partial charge in [-0.2, -0.15) is 0 Å². The lowest BCUT2D eigenvalue weighted by Crippen LogP contribution is -2.13. The molecule has 0 aliphatic carbocycles. The van der Waals surface area contributed by atoms with E-state index in [2.05, 4.69) is 4.72 Å². The topological polar surface area (TPSA) is 96.6 Å². The second-order valence-corrected chi connectivity index (χ2v) is 7.26. The number of aryl methyl sites for hydroxylation is 1. The maximum absolute atomic E-state index is 13.0. The third-order valence-electron chi connectivity index (χ3n) is 3.63. The van der Waals surface area contributed by atoms with E-state index in [1.54, 1.807) is 25.1 Å². The Kier molecular flexibility index (Phi) is 4.52. The molecule has 0 amide bonds. The van der Waals surface area contributed by atoms with Crippen LogP contribution in [0.5, 0.6) is 0 Å². The molecule has 134 valence electrons. The fourth-order valence-electron chi connectivity index (χ4n) is 2.37. The largest absolute Gasteiger partial charge is 0.475 e. The first-order chi connectivity index (χ1) is 12.3. The highest BCUT2D eigenvalue weighted by atomic mass is 32.2. The third kappa shape index (κ3) is 3.60. The third-order valence-corrected chi connectivity index (χ3v) is 5.01. The van der Waals surface area contributed by atoms with Crippen LogP contribution in [-0.4, -0.2) is 19.5 Å². The van der Waals surface area contributed by atoms with Crippen molar-refractivity contribution in [3.05, 3.63) is 71.7 Å². The monoisotopic (exact) mass is 375 g/mol. The van der Waals surface area contributed by atoms with E-state index in [9.17, 15) is 17.6 Å². The van der Waals surface area contributed by atoms with Crippen LogP contribution in [0.2, 0.25) is 0 Å². The van der Waals surface area contributed by atoms with Crippen molar-refractivity contribution in [2.75, 3.05) is 4.72 Å². The predicted molar refractivity (Wildman–Crippen MR) is 93.0 cm³/mol. The van der Waals surface area contributed by atoms with Crippen molar-refractivity contribution in [3.8, 4) is 11.3 Å². The van der Waals surface area contributed by atoms with Gasteiger partial charge in [0.2, 0.25) is 5.76 Å². The summed E-state index contributed by atoms with van der Waals surface area (Å²) in [5, 5.41) is 8.98. The molecular formula is C18H14FNO5S. The van der Waals surface area contributed by atoms with Gasteiger partial charge in [-0.1, -0.05) is 6.07 Å². The molecule has 2 N–H and O–H groups in total. The number of anilines is 1. The van der Waals surface area contributed by atoms with Crippen molar-refractivity contribution in [1.29, 1.82) is 0 Å². The van der Waals surface area contributed by atoms with Crippen LogP contribution in [0.15, 0.2) is 63.9 Å². The average Bonchev–Trinajstić information content (AvgIpc) is 3.05. The molecule has 0 saturated carbocycles. The average molecular weight is 375 g/mol. The van der Waals surface area contributed by atoms with Crippen LogP contribution in [0.4, 0.5) is 10.1 Å². The number of benzene rings is 2. The van der Waals surface area contributed by atoms with Crippen LogP contribution in [0.25, 0.3) is 11.3 Å². The van der Waals surface area contributed by atoms with E-state index in [0.29, 0.717) is 5.56 Å². The van der Waals surface area contributed by atoms with Gasteiger partial charge in [-0.05, 0) is 61.0 Å². The van der Waals surface area contributed by atoms with Gasteiger partial charge in [0.05, 0.1) is 10.6 Å². The number of hydrogen-bond donors (Lipinski definition) is 2. The molecule has 1 heterocycles. The van der Waals surface area contributed by atoms with E-state index in [1.165, 1.54) is 12.1 Å². The summed E-state index contributed by atoms with van der Waals surface area (Å²) in [6, 6.07) is 12.1. The minimum Gasteiger partial charge on any atom is -0.475 e. The van der Waals surface area contributed by atoms with Gasteiger partial charge in [0, 0.05) is 5.56 Å². The Morgan fingerprint density at radius 2 is 1.77 bits per heavy atom. The molecule has 3 rings (SSSR count). The number of carboxylic acid groups (broad SMARTS) is 1. The van der Waals surface area contributed by atoms with E-state index in [1.807, 2.05) is 0 Å². The fourth-order valence-corrected chi connectivity index (χ4v) is 3.44. The lowest BCUT2D eigenvalue weighted by molar-refractivity contribution is 0.0663. The Morgan fingerprint density at radius 3 is 2.38 bits per heavy atom. The minimum atomic E-state index is -3.96. The molecule has 6 nitrogen and oxygen atoms in total. The summed E-state index contributed by atoms with van der Waals surface area (Å²) in [6.45, 7) is 1.78. The lowest BCUT2D eigenvalue weighted by atomic mass is 10.1. The Morgan fingerprint density at radius 1 is 1.08 bits per heavy atom. The standard InChI is InChI=1S/C18H14FNO5S/c1-11-2-7-14(16-8-9-17(25-16)18(21)22)15(10-11)20-26(23,24)13-5-3-12(19)4-6-13/h2-10,20H,1H3,(H,21,22). The van der Waals surface area contributed by atoms with Crippen molar-refractivity contribution in [3.63, 3.8) is 0 Å². The summed E-state index contributed by atoms with van der Waals surface area (Å²) in [5.41, 5.74) is 1.39. The highest BCUT2D eigenvalue weighted by Crippen LogP contribution is 2.32. The summed E-state index contributed by atoms with van der Waals surface area (Å²) < 4.78 is 45.9. The molecule has 0 unspecified atom stereocenters. The van der Waals surface area contributed by atoms with Crippen molar-refractivity contribution < 1.29 is 27.1 Å². The summed E-state index contributed by atoms with van der Waals surface area (Å²) in [5.74, 6) is -1.82. The van der Waals surface area contributed by atoms with E-state index >= 15 is 0 Å². The van der Waals surface area contributed by atoms with E-state index in [-0.39, 0.29) is 22.1 Å². The molecular weight excluding hydrogens is 361 g/mol. The number of furan rings is 1. The zero-order chi connectivity index (χ0) is 18.9. The van der Waals surface area contributed by atoms with Gasteiger partial charge in [0.1, 0.15) is 11.6 Å². The summed E-state index contributed by atoms with van der Waals surface area (Å²) >= 11 is 0. The number of rotatable bonds is 5. The molecule has 2 aromatic carbocycles. The van der Waals surface area contributed by atoms with Gasteiger partial charge in [-0.25, -0.2) is 17.6 Å². The summed E-state index contributed by atoms with van der Waals surface area (Å²) in [6.07, 6.45) is 0. The number of aromatic carboxylic acids is 1. The Hall–Kier alpha value is -3.13. The maximum atomic E-state index is 13.0. The maximum Gasteiger partial charge on any atom is 0.371 e. The molecule has 8 heteroatoms. The summed E-state index contributed by atoms with van der Waals surface area (Å²) in [4.78, 5) is 10.9. The zero-order valence-corrected chi connectivity index (χ0v) is 14.4. The van der Waals surface area contributed by atoms with Gasteiger partial charge in [-0.15, -0.1) is 0 Å². The lowest BCUT2D eigenvalue weighted by Gasteiger charge is -2.12. The smallest absolute Gasteiger partial charge is 0.371 e. The molecule has 0 radical (unpaired) electrons. The molecule has 3 aromatic rings. The Bertz CT molecular complexity index is 1070. The van der Waals surface area contributed by atoms with Crippen LogP contribution < -0.4 is 4.72 Å². The van der Waals surface area contributed by atoms with E-state index in [0.717, 1.165) is 29.8 Å². The molecule has 1 aromatic heterocycles. The zero-order valence-electron chi connectivity index (χ0n) is 13.6. The van der Waals surface area contributed by atoms with Crippen LogP contribution in [0.3, 0.4) is 0 Å². The van der Waals surface area contributed by atoms with Gasteiger partial charge in [-0.3, -0.25) is 4.72 Å².